The number of benzene rings is 2. The van der Waals surface area contributed by atoms with Gasteiger partial charge in [-0.05, 0) is 45.4 Å². The molecule has 0 aliphatic carbocycles. The molecule has 7 heteroatoms. The normalized spacial score (nSPS) is 15.8. The van der Waals surface area contributed by atoms with Crippen molar-refractivity contribution in [3.63, 3.8) is 0 Å². The molecule has 0 fully saturated rings. The van der Waals surface area contributed by atoms with E-state index in [0.717, 1.165) is 0 Å². The Morgan fingerprint density at radius 1 is 0.706 bits per heavy atom. The van der Waals surface area contributed by atoms with Gasteiger partial charge in [-0.25, -0.2) is 14.4 Å². The minimum absolute atomic E-state index is 0.0194. The summed E-state index contributed by atoms with van der Waals surface area (Å²) in [5.74, 6) is -2.83. The first-order valence-electron chi connectivity index (χ1n) is 11.3. The number of nitrogens with zero attached hydrogens (tertiary/aromatic N) is 1. The summed E-state index contributed by atoms with van der Waals surface area (Å²) in [5, 5.41) is 0. The predicted molar refractivity (Wildman–Crippen MR) is 128 cm³/mol. The third kappa shape index (κ3) is 4.88. The third-order valence-electron chi connectivity index (χ3n) is 5.39. The molecule has 1 heterocycles. The molecule has 0 N–H and O–H groups in total. The van der Waals surface area contributed by atoms with Crippen molar-refractivity contribution < 1.29 is 28.6 Å². The number of carbonyl (C=O) groups is 3. The summed E-state index contributed by atoms with van der Waals surface area (Å²) in [6.45, 7) is 7.20. The lowest BCUT2D eigenvalue weighted by Gasteiger charge is -2.37. The number of carbonyl (C=O) groups excluding carboxylic acids is 3. The number of rotatable bonds is 8. The molecule has 0 spiro atoms. The van der Waals surface area contributed by atoms with E-state index in [4.69, 9.17) is 14.2 Å². The molecule has 1 atom stereocenters. The summed E-state index contributed by atoms with van der Waals surface area (Å²) >= 11 is 0. The minimum atomic E-state index is -0.876. The average Bonchev–Trinajstić information content (AvgIpc) is 2.84. The van der Waals surface area contributed by atoms with Gasteiger partial charge in [0.05, 0.1) is 36.9 Å². The lowest BCUT2D eigenvalue weighted by Crippen LogP contribution is -2.39. The number of para-hydroxylation sites is 1. The number of ether oxygens (including phenoxy) is 3. The van der Waals surface area contributed by atoms with E-state index in [1.54, 1.807) is 56.9 Å². The van der Waals surface area contributed by atoms with Crippen molar-refractivity contribution >= 4 is 23.6 Å². The minimum Gasteiger partial charge on any atom is -0.463 e. The molecule has 0 bridgehead atoms. The molecule has 0 saturated carbocycles. The van der Waals surface area contributed by atoms with E-state index in [1.807, 2.05) is 36.4 Å². The second kappa shape index (κ2) is 11.3. The summed E-state index contributed by atoms with van der Waals surface area (Å²) in [5.41, 5.74) is 2.03. The van der Waals surface area contributed by atoms with Gasteiger partial charge in [-0.15, -0.1) is 0 Å². The second-order valence-electron chi connectivity index (χ2n) is 7.44. The summed E-state index contributed by atoms with van der Waals surface area (Å²) < 4.78 is 16.2. The molecule has 3 rings (SSSR count). The van der Waals surface area contributed by atoms with E-state index >= 15 is 0 Å². The molecule has 0 radical (unpaired) electrons. The molecule has 1 unspecified atom stereocenters. The van der Waals surface area contributed by atoms with Crippen LogP contribution in [0.25, 0.3) is 0 Å². The largest absolute Gasteiger partial charge is 0.463 e. The molecule has 0 aromatic heterocycles. The fourth-order valence-corrected chi connectivity index (χ4v) is 4.08. The van der Waals surface area contributed by atoms with Crippen molar-refractivity contribution in [2.45, 2.75) is 33.6 Å². The number of hydrogen-bond donors (Lipinski definition) is 0. The second-order valence-corrected chi connectivity index (χ2v) is 7.44. The van der Waals surface area contributed by atoms with E-state index in [1.165, 1.54) is 0 Å². The van der Waals surface area contributed by atoms with Crippen molar-refractivity contribution in [1.82, 2.24) is 0 Å². The lowest BCUT2D eigenvalue weighted by molar-refractivity contribution is -0.142. The van der Waals surface area contributed by atoms with Crippen LogP contribution in [0.2, 0.25) is 0 Å². The van der Waals surface area contributed by atoms with E-state index in [0.29, 0.717) is 16.9 Å². The fraction of sp³-hybridized carbons (Fsp3) is 0.296. The number of hydrogen-bond acceptors (Lipinski definition) is 7. The van der Waals surface area contributed by atoms with Crippen molar-refractivity contribution in [2.75, 3.05) is 24.7 Å². The summed E-state index contributed by atoms with van der Waals surface area (Å²) in [4.78, 5) is 41.7. The quantitative estimate of drug-likeness (QED) is 0.421. The highest BCUT2D eigenvalue weighted by atomic mass is 16.5. The summed E-state index contributed by atoms with van der Waals surface area (Å²) in [7, 11) is 0. The van der Waals surface area contributed by atoms with Gasteiger partial charge in [0.15, 0.2) is 0 Å². The molecule has 1 aliphatic heterocycles. The highest BCUT2D eigenvalue weighted by Gasteiger charge is 2.44. The average molecular weight is 464 g/mol. The van der Waals surface area contributed by atoms with Crippen LogP contribution in [0.3, 0.4) is 0 Å². The molecule has 0 amide bonds. The molecule has 0 saturated heterocycles. The van der Waals surface area contributed by atoms with Crippen LogP contribution in [0.5, 0.6) is 0 Å². The van der Waals surface area contributed by atoms with E-state index < -0.39 is 23.8 Å². The van der Waals surface area contributed by atoms with Gasteiger partial charge in [0.25, 0.3) is 0 Å². The fourth-order valence-electron chi connectivity index (χ4n) is 4.08. The van der Waals surface area contributed by atoms with Gasteiger partial charge in [-0.1, -0.05) is 48.5 Å². The van der Waals surface area contributed by atoms with Crippen LogP contribution in [-0.2, 0) is 28.6 Å². The van der Waals surface area contributed by atoms with Gasteiger partial charge in [0.1, 0.15) is 5.70 Å². The van der Waals surface area contributed by atoms with Gasteiger partial charge in [0.2, 0.25) is 0 Å². The van der Waals surface area contributed by atoms with Crippen LogP contribution < -0.4 is 4.90 Å². The van der Waals surface area contributed by atoms with Crippen LogP contribution in [0.4, 0.5) is 5.69 Å². The van der Waals surface area contributed by atoms with Crippen LogP contribution in [0.15, 0.2) is 83.2 Å². The van der Waals surface area contributed by atoms with Crippen molar-refractivity contribution in [3.8, 4) is 0 Å². The van der Waals surface area contributed by atoms with Crippen molar-refractivity contribution in [3.05, 3.63) is 88.8 Å². The topological polar surface area (TPSA) is 82.1 Å². The van der Waals surface area contributed by atoms with Crippen LogP contribution >= 0.6 is 0 Å². The highest BCUT2D eigenvalue weighted by molar-refractivity contribution is 6.09. The first-order valence-corrected chi connectivity index (χ1v) is 11.3. The smallest absolute Gasteiger partial charge is 0.355 e. The lowest BCUT2D eigenvalue weighted by atomic mass is 9.79. The Bertz CT molecular complexity index is 1100. The number of esters is 3. The van der Waals surface area contributed by atoms with Gasteiger partial charge < -0.3 is 19.1 Å². The van der Waals surface area contributed by atoms with Crippen molar-refractivity contribution in [2.24, 2.45) is 0 Å². The standard InChI is InChI=1S/C27H29NO6/c1-5-32-25(29)21-18(4)28(20-16-12-9-13-17-20)24(27(31)34-7-3)23(26(30)33-6-2)22(21)19-14-10-8-11-15-19/h8-17,22H,5-7H2,1-4H3. The van der Waals surface area contributed by atoms with Crippen LogP contribution in [0.1, 0.15) is 39.2 Å². The zero-order chi connectivity index (χ0) is 24.7. The predicted octanol–water partition coefficient (Wildman–Crippen LogP) is 4.51. The maximum absolute atomic E-state index is 13.4. The monoisotopic (exact) mass is 463 g/mol. The highest BCUT2D eigenvalue weighted by Crippen LogP contribution is 2.45. The Kier molecular flexibility index (Phi) is 8.24. The molecule has 2 aromatic rings. The molecule has 178 valence electrons. The van der Waals surface area contributed by atoms with Crippen molar-refractivity contribution in [1.29, 1.82) is 0 Å². The zero-order valence-electron chi connectivity index (χ0n) is 19.9. The van der Waals surface area contributed by atoms with E-state index in [9.17, 15) is 14.4 Å². The molecule has 34 heavy (non-hydrogen) atoms. The Labute approximate surface area is 199 Å². The van der Waals surface area contributed by atoms with Crippen LogP contribution in [0, 0.1) is 0 Å². The Balaban J connectivity index is 2.42. The molecule has 1 aliphatic rings. The molecular formula is C27H29NO6. The number of anilines is 1. The van der Waals surface area contributed by atoms with Gasteiger partial charge in [-0.2, -0.15) is 0 Å². The molecular weight excluding hydrogens is 434 g/mol. The zero-order valence-corrected chi connectivity index (χ0v) is 19.9. The Morgan fingerprint density at radius 2 is 1.18 bits per heavy atom. The Morgan fingerprint density at radius 3 is 1.71 bits per heavy atom. The van der Waals surface area contributed by atoms with Gasteiger partial charge in [-0.3, -0.25) is 0 Å². The first kappa shape index (κ1) is 24.8. The third-order valence-corrected chi connectivity index (χ3v) is 5.39. The number of allylic oxidation sites excluding steroid dienone is 1. The maximum Gasteiger partial charge on any atom is 0.355 e. The summed E-state index contributed by atoms with van der Waals surface area (Å²) in [6.07, 6.45) is 0. The van der Waals surface area contributed by atoms with Gasteiger partial charge in [0, 0.05) is 11.4 Å². The molecule has 2 aromatic carbocycles. The van der Waals surface area contributed by atoms with E-state index in [-0.39, 0.29) is 36.7 Å². The Hall–Kier alpha value is -3.87. The van der Waals surface area contributed by atoms with E-state index in [2.05, 4.69) is 0 Å². The van der Waals surface area contributed by atoms with Crippen LogP contribution in [-0.4, -0.2) is 37.7 Å². The molecule has 7 nitrogen and oxygen atoms in total. The van der Waals surface area contributed by atoms with Gasteiger partial charge >= 0.3 is 17.9 Å². The summed E-state index contributed by atoms with van der Waals surface area (Å²) in [6, 6.07) is 18.1. The first-order chi connectivity index (χ1) is 16.5. The maximum atomic E-state index is 13.4. The SMILES string of the molecule is CCOC(=O)C1=C(C)N(c2ccccc2)C(C(=O)OCC)=C(C(=O)OCC)C1c1ccccc1.